The van der Waals surface area contributed by atoms with Crippen LogP contribution in [0.4, 0.5) is 0 Å². The molecule has 1 N–H and O–H groups in total. The number of rotatable bonds is 6. The maximum Gasteiger partial charge on any atom is 0.335 e. The van der Waals surface area contributed by atoms with Gasteiger partial charge >= 0.3 is 5.97 Å². The Morgan fingerprint density at radius 3 is 2.68 bits per heavy atom. The predicted molar refractivity (Wildman–Crippen MR) is 106 cm³/mol. The van der Waals surface area contributed by atoms with Crippen molar-refractivity contribution in [1.29, 1.82) is 0 Å². The molecule has 1 saturated heterocycles. The lowest BCUT2D eigenvalue weighted by Crippen LogP contribution is -2.21. The van der Waals surface area contributed by atoms with Crippen molar-refractivity contribution in [2.24, 2.45) is 5.92 Å². The number of carboxylic acids is 1. The van der Waals surface area contributed by atoms with Gasteiger partial charge in [0.05, 0.1) is 5.56 Å². The van der Waals surface area contributed by atoms with Crippen molar-refractivity contribution in [3.63, 3.8) is 0 Å². The second-order valence-electron chi connectivity index (χ2n) is 7.23. The highest BCUT2D eigenvalue weighted by Crippen LogP contribution is 2.23. The van der Waals surface area contributed by atoms with Crippen LogP contribution in [0.1, 0.15) is 27.9 Å². The van der Waals surface area contributed by atoms with Gasteiger partial charge in [-0.2, -0.15) is 0 Å². The maximum absolute atomic E-state index is 11.1. The lowest BCUT2D eigenvalue weighted by atomic mass is 9.97. The molecule has 4 rings (SSSR count). The molecule has 0 amide bonds. The molecule has 2 aromatic heterocycles. The average molecular weight is 374 g/mol. The summed E-state index contributed by atoms with van der Waals surface area (Å²) in [5.74, 6) is 0.309. The molecule has 3 heterocycles. The standard InChI is InChI=1S/C22H22N4O2/c27-22(28)19-5-3-4-16(11-19)10-17-7-9-26(14-17)15-18-12-24-21(25-13-18)20-6-1-2-8-23-20/h1-6,8,11-13,17H,7,9-10,14-15H2,(H,27,28)/t17-/m1/s1. The Morgan fingerprint density at radius 1 is 1.07 bits per heavy atom. The molecule has 0 saturated carbocycles. The Bertz CT molecular complexity index is 944. The SMILES string of the molecule is O=C(O)c1cccc(C[C@H]2CCN(Cc3cnc(-c4ccccn4)nc3)C2)c1. The largest absolute Gasteiger partial charge is 0.478 e. The highest BCUT2D eigenvalue weighted by atomic mass is 16.4. The molecule has 142 valence electrons. The molecular formula is C22H22N4O2. The molecule has 0 unspecified atom stereocenters. The third-order valence-corrected chi connectivity index (χ3v) is 5.07. The van der Waals surface area contributed by atoms with E-state index in [1.165, 1.54) is 0 Å². The fourth-order valence-electron chi connectivity index (χ4n) is 3.71. The first kappa shape index (κ1) is 18.3. The van der Waals surface area contributed by atoms with E-state index in [2.05, 4.69) is 19.9 Å². The average Bonchev–Trinajstić information content (AvgIpc) is 3.16. The summed E-state index contributed by atoms with van der Waals surface area (Å²) in [7, 11) is 0. The van der Waals surface area contributed by atoms with Crippen molar-refractivity contribution in [1.82, 2.24) is 19.9 Å². The summed E-state index contributed by atoms with van der Waals surface area (Å²) in [4.78, 5) is 26.7. The molecule has 1 aromatic carbocycles. The first-order valence-electron chi connectivity index (χ1n) is 9.44. The van der Waals surface area contributed by atoms with Gasteiger partial charge in [0.25, 0.3) is 0 Å². The summed E-state index contributed by atoms with van der Waals surface area (Å²) in [5.41, 5.74) is 3.32. The van der Waals surface area contributed by atoms with E-state index in [0.29, 0.717) is 17.3 Å². The van der Waals surface area contributed by atoms with Crippen LogP contribution in [0.25, 0.3) is 11.5 Å². The zero-order chi connectivity index (χ0) is 19.3. The van der Waals surface area contributed by atoms with Gasteiger partial charge in [0.2, 0.25) is 0 Å². The van der Waals surface area contributed by atoms with Crippen LogP contribution in [0, 0.1) is 5.92 Å². The minimum Gasteiger partial charge on any atom is -0.478 e. The van der Waals surface area contributed by atoms with E-state index in [9.17, 15) is 4.79 Å². The number of hydrogen-bond acceptors (Lipinski definition) is 5. The summed E-state index contributed by atoms with van der Waals surface area (Å²) in [5, 5.41) is 9.14. The van der Waals surface area contributed by atoms with Gasteiger partial charge in [0.15, 0.2) is 5.82 Å². The van der Waals surface area contributed by atoms with Crippen LogP contribution < -0.4 is 0 Å². The molecule has 6 heteroatoms. The topological polar surface area (TPSA) is 79.2 Å². The van der Waals surface area contributed by atoms with Gasteiger partial charge in [-0.25, -0.2) is 14.8 Å². The molecule has 0 bridgehead atoms. The van der Waals surface area contributed by atoms with Crippen LogP contribution in [0.2, 0.25) is 0 Å². The molecule has 28 heavy (non-hydrogen) atoms. The molecule has 3 aromatic rings. The minimum absolute atomic E-state index is 0.359. The van der Waals surface area contributed by atoms with Gasteiger partial charge in [0.1, 0.15) is 5.69 Å². The van der Waals surface area contributed by atoms with E-state index < -0.39 is 5.97 Å². The predicted octanol–water partition coefficient (Wildman–Crippen LogP) is 3.30. The number of likely N-dealkylation sites (tertiary alicyclic amines) is 1. The van der Waals surface area contributed by atoms with E-state index in [-0.39, 0.29) is 0 Å². The van der Waals surface area contributed by atoms with Gasteiger partial charge in [-0.1, -0.05) is 18.2 Å². The van der Waals surface area contributed by atoms with E-state index in [1.54, 1.807) is 18.3 Å². The van der Waals surface area contributed by atoms with Gasteiger partial charge in [-0.05, 0) is 55.1 Å². The smallest absolute Gasteiger partial charge is 0.335 e. The number of aromatic nitrogens is 3. The summed E-state index contributed by atoms with van der Waals surface area (Å²) >= 11 is 0. The fraction of sp³-hybridized carbons (Fsp3) is 0.273. The Kier molecular flexibility index (Phi) is 5.39. The summed E-state index contributed by atoms with van der Waals surface area (Å²) < 4.78 is 0. The zero-order valence-corrected chi connectivity index (χ0v) is 15.5. The summed E-state index contributed by atoms with van der Waals surface area (Å²) in [6.45, 7) is 2.86. The number of carbonyl (C=O) groups is 1. The molecule has 0 spiro atoms. The first-order chi connectivity index (χ1) is 13.7. The quantitative estimate of drug-likeness (QED) is 0.713. The van der Waals surface area contributed by atoms with Crippen molar-refractivity contribution in [3.05, 3.63) is 77.7 Å². The first-order valence-corrected chi connectivity index (χ1v) is 9.44. The van der Waals surface area contributed by atoms with Crippen LogP contribution in [0.3, 0.4) is 0 Å². The lowest BCUT2D eigenvalue weighted by Gasteiger charge is -2.16. The molecule has 0 radical (unpaired) electrons. The summed E-state index contributed by atoms with van der Waals surface area (Å²) in [6.07, 6.45) is 7.52. The number of benzene rings is 1. The molecule has 0 aliphatic carbocycles. The third kappa shape index (κ3) is 4.40. The fourth-order valence-corrected chi connectivity index (χ4v) is 3.71. The normalized spacial score (nSPS) is 16.9. The van der Waals surface area contributed by atoms with Gasteiger partial charge in [-0.15, -0.1) is 0 Å². The van der Waals surface area contributed by atoms with Crippen LogP contribution in [0.15, 0.2) is 61.1 Å². The second kappa shape index (κ2) is 8.27. The Balaban J connectivity index is 1.33. The van der Waals surface area contributed by atoms with Crippen LogP contribution >= 0.6 is 0 Å². The summed E-state index contributed by atoms with van der Waals surface area (Å²) in [6, 6.07) is 13.0. The Morgan fingerprint density at radius 2 is 1.93 bits per heavy atom. The van der Waals surface area contributed by atoms with Crippen LogP contribution in [-0.4, -0.2) is 44.0 Å². The zero-order valence-electron chi connectivity index (χ0n) is 15.5. The minimum atomic E-state index is -0.871. The molecule has 1 aliphatic rings. The molecule has 1 atom stereocenters. The number of aromatic carboxylic acids is 1. The van der Waals surface area contributed by atoms with Crippen molar-refractivity contribution >= 4 is 5.97 Å². The molecular weight excluding hydrogens is 352 g/mol. The lowest BCUT2D eigenvalue weighted by molar-refractivity contribution is 0.0696. The molecule has 1 fully saturated rings. The Labute approximate surface area is 163 Å². The Hall–Kier alpha value is -3.12. The van der Waals surface area contributed by atoms with Crippen molar-refractivity contribution in [2.45, 2.75) is 19.4 Å². The van der Waals surface area contributed by atoms with Crippen LogP contribution in [-0.2, 0) is 13.0 Å². The van der Waals surface area contributed by atoms with E-state index in [0.717, 1.165) is 49.3 Å². The van der Waals surface area contributed by atoms with Crippen molar-refractivity contribution in [3.8, 4) is 11.5 Å². The number of hydrogen-bond donors (Lipinski definition) is 1. The van der Waals surface area contributed by atoms with Crippen LogP contribution in [0.5, 0.6) is 0 Å². The molecule has 1 aliphatic heterocycles. The van der Waals surface area contributed by atoms with Crippen molar-refractivity contribution in [2.75, 3.05) is 13.1 Å². The monoisotopic (exact) mass is 374 g/mol. The van der Waals surface area contributed by atoms with E-state index >= 15 is 0 Å². The van der Waals surface area contributed by atoms with Gasteiger partial charge < -0.3 is 5.11 Å². The van der Waals surface area contributed by atoms with E-state index in [1.807, 2.05) is 42.7 Å². The maximum atomic E-state index is 11.1. The van der Waals surface area contributed by atoms with Gasteiger partial charge in [0, 0.05) is 37.2 Å². The number of carboxylic acid groups (broad SMARTS) is 1. The highest BCUT2D eigenvalue weighted by molar-refractivity contribution is 5.87. The highest BCUT2D eigenvalue weighted by Gasteiger charge is 2.23. The molecule has 6 nitrogen and oxygen atoms in total. The number of nitrogens with zero attached hydrogens (tertiary/aromatic N) is 4. The van der Waals surface area contributed by atoms with E-state index in [4.69, 9.17) is 5.11 Å². The second-order valence-corrected chi connectivity index (χ2v) is 7.23. The van der Waals surface area contributed by atoms with Crippen molar-refractivity contribution < 1.29 is 9.90 Å². The number of pyridine rings is 1. The third-order valence-electron chi connectivity index (χ3n) is 5.07. The van der Waals surface area contributed by atoms with Gasteiger partial charge in [-0.3, -0.25) is 9.88 Å².